The van der Waals surface area contributed by atoms with Gasteiger partial charge in [-0.05, 0) is 35.6 Å². The van der Waals surface area contributed by atoms with Crippen LogP contribution in [0.2, 0.25) is 0 Å². The second kappa shape index (κ2) is 7.76. The average Bonchev–Trinajstić information content (AvgIpc) is 2.47. The molecule has 0 fully saturated rings. The first-order valence-electron chi connectivity index (χ1n) is 7.20. The minimum atomic E-state index is -3.49. The zero-order chi connectivity index (χ0) is 15.2. The van der Waals surface area contributed by atoms with Gasteiger partial charge in [0.05, 0.1) is 11.5 Å². The summed E-state index contributed by atoms with van der Waals surface area (Å²) in [6.45, 7) is 6.41. The van der Waals surface area contributed by atoms with Crippen LogP contribution in [0.1, 0.15) is 44.7 Å². The first kappa shape index (κ1) is 17.1. The Balaban J connectivity index is 2.92. The Morgan fingerprint density at radius 1 is 1.15 bits per heavy atom. The molecule has 0 saturated heterocycles. The molecule has 0 aliphatic rings. The SMILES string of the molecule is CCc1ccc(S(=O)(=O)NCC(CC)CC)cc1CO. The van der Waals surface area contributed by atoms with Gasteiger partial charge in [-0.2, -0.15) is 0 Å². The molecular formula is C15H25NO3S. The molecule has 0 unspecified atom stereocenters. The number of benzene rings is 1. The van der Waals surface area contributed by atoms with E-state index in [0.29, 0.717) is 18.0 Å². The van der Waals surface area contributed by atoms with Crippen molar-refractivity contribution in [3.63, 3.8) is 0 Å². The van der Waals surface area contributed by atoms with E-state index in [0.717, 1.165) is 24.8 Å². The molecule has 0 aliphatic heterocycles. The number of aliphatic hydroxyl groups excluding tert-OH is 1. The van der Waals surface area contributed by atoms with Crippen LogP contribution in [0.15, 0.2) is 23.1 Å². The molecule has 0 amide bonds. The highest BCUT2D eigenvalue weighted by atomic mass is 32.2. The van der Waals surface area contributed by atoms with E-state index in [1.54, 1.807) is 18.2 Å². The molecule has 1 aromatic rings. The summed E-state index contributed by atoms with van der Waals surface area (Å²) in [5.41, 5.74) is 1.66. The van der Waals surface area contributed by atoms with Crippen molar-refractivity contribution in [2.24, 2.45) is 5.92 Å². The Morgan fingerprint density at radius 2 is 1.80 bits per heavy atom. The summed E-state index contributed by atoms with van der Waals surface area (Å²) in [6.07, 6.45) is 2.68. The van der Waals surface area contributed by atoms with Gasteiger partial charge in [-0.1, -0.05) is 39.7 Å². The quantitative estimate of drug-likeness (QED) is 0.775. The largest absolute Gasteiger partial charge is 0.392 e. The maximum Gasteiger partial charge on any atom is 0.240 e. The lowest BCUT2D eigenvalue weighted by Crippen LogP contribution is -2.29. The summed E-state index contributed by atoms with van der Waals surface area (Å²) in [5, 5.41) is 9.32. The normalized spacial score (nSPS) is 12.1. The van der Waals surface area contributed by atoms with Crippen molar-refractivity contribution in [1.82, 2.24) is 4.72 Å². The van der Waals surface area contributed by atoms with E-state index in [2.05, 4.69) is 18.6 Å². The lowest BCUT2D eigenvalue weighted by Gasteiger charge is -2.14. The Labute approximate surface area is 122 Å². The number of rotatable bonds is 8. The molecule has 4 nitrogen and oxygen atoms in total. The first-order chi connectivity index (χ1) is 9.48. The third kappa shape index (κ3) is 4.30. The van der Waals surface area contributed by atoms with Crippen molar-refractivity contribution < 1.29 is 13.5 Å². The predicted molar refractivity (Wildman–Crippen MR) is 81.0 cm³/mol. The standard InChI is InChI=1S/C15H25NO3S/c1-4-12(5-2)10-16-20(18,19)15-8-7-13(6-3)14(9-15)11-17/h7-9,12,16-17H,4-6,10-11H2,1-3H3. The van der Waals surface area contributed by atoms with E-state index >= 15 is 0 Å². The number of nitrogens with one attached hydrogen (secondary N) is 1. The van der Waals surface area contributed by atoms with Gasteiger partial charge in [0.1, 0.15) is 0 Å². The van der Waals surface area contributed by atoms with Crippen LogP contribution in [-0.4, -0.2) is 20.1 Å². The van der Waals surface area contributed by atoms with Crippen LogP contribution in [0, 0.1) is 5.92 Å². The van der Waals surface area contributed by atoms with Crippen molar-refractivity contribution in [2.45, 2.75) is 51.5 Å². The zero-order valence-corrected chi connectivity index (χ0v) is 13.3. The summed E-state index contributed by atoms with van der Waals surface area (Å²) in [5.74, 6) is 0.358. The van der Waals surface area contributed by atoms with Crippen molar-refractivity contribution in [3.05, 3.63) is 29.3 Å². The van der Waals surface area contributed by atoms with Crippen LogP contribution < -0.4 is 4.72 Å². The van der Waals surface area contributed by atoms with Crippen LogP contribution in [0.25, 0.3) is 0 Å². The highest BCUT2D eigenvalue weighted by molar-refractivity contribution is 7.89. The van der Waals surface area contributed by atoms with E-state index < -0.39 is 10.0 Å². The highest BCUT2D eigenvalue weighted by Gasteiger charge is 2.17. The van der Waals surface area contributed by atoms with E-state index in [1.807, 2.05) is 6.92 Å². The summed E-state index contributed by atoms with van der Waals surface area (Å²) in [6, 6.07) is 4.94. The molecule has 0 heterocycles. The second-order valence-corrected chi connectivity index (χ2v) is 6.74. The van der Waals surface area contributed by atoms with Crippen LogP contribution in [0.5, 0.6) is 0 Å². The molecule has 1 aromatic carbocycles. The molecule has 2 N–H and O–H groups in total. The lowest BCUT2D eigenvalue weighted by molar-refractivity contribution is 0.280. The fourth-order valence-corrected chi connectivity index (χ4v) is 3.32. The van der Waals surface area contributed by atoms with E-state index in [4.69, 9.17) is 0 Å². The minimum Gasteiger partial charge on any atom is -0.392 e. The molecule has 114 valence electrons. The van der Waals surface area contributed by atoms with Crippen molar-refractivity contribution in [1.29, 1.82) is 0 Å². The number of hydrogen-bond donors (Lipinski definition) is 2. The van der Waals surface area contributed by atoms with E-state index in [1.165, 1.54) is 0 Å². The van der Waals surface area contributed by atoms with Crippen molar-refractivity contribution in [2.75, 3.05) is 6.54 Å². The van der Waals surface area contributed by atoms with Crippen LogP contribution >= 0.6 is 0 Å². The van der Waals surface area contributed by atoms with Gasteiger partial charge in [-0.3, -0.25) is 0 Å². The van der Waals surface area contributed by atoms with Gasteiger partial charge in [-0.15, -0.1) is 0 Å². The van der Waals surface area contributed by atoms with Gasteiger partial charge < -0.3 is 5.11 Å². The number of aryl methyl sites for hydroxylation is 1. The Bertz CT molecular complexity index is 522. The molecule has 0 atom stereocenters. The van der Waals surface area contributed by atoms with Crippen molar-refractivity contribution >= 4 is 10.0 Å². The minimum absolute atomic E-state index is 0.140. The van der Waals surface area contributed by atoms with Crippen molar-refractivity contribution in [3.8, 4) is 0 Å². The van der Waals surface area contributed by atoms with Gasteiger partial charge >= 0.3 is 0 Å². The van der Waals surface area contributed by atoms with Gasteiger partial charge in [-0.25, -0.2) is 13.1 Å². The van der Waals surface area contributed by atoms with Gasteiger partial charge in [0.2, 0.25) is 10.0 Å². The van der Waals surface area contributed by atoms with E-state index in [-0.39, 0.29) is 11.5 Å². The zero-order valence-electron chi connectivity index (χ0n) is 12.5. The van der Waals surface area contributed by atoms with Gasteiger partial charge in [0, 0.05) is 6.54 Å². The molecule has 0 spiro atoms. The third-order valence-corrected chi connectivity index (χ3v) is 5.18. The molecule has 0 saturated carbocycles. The van der Waals surface area contributed by atoms with Crippen LogP contribution in [-0.2, 0) is 23.1 Å². The fourth-order valence-electron chi connectivity index (χ4n) is 2.15. The molecule has 5 heteroatoms. The monoisotopic (exact) mass is 299 g/mol. The summed E-state index contributed by atoms with van der Waals surface area (Å²) in [4.78, 5) is 0.227. The van der Waals surface area contributed by atoms with E-state index in [9.17, 15) is 13.5 Å². The second-order valence-electron chi connectivity index (χ2n) is 4.98. The fraction of sp³-hybridized carbons (Fsp3) is 0.600. The first-order valence-corrected chi connectivity index (χ1v) is 8.69. The Kier molecular flexibility index (Phi) is 6.65. The summed E-state index contributed by atoms with van der Waals surface area (Å²) < 4.78 is 27.1. The predicted octanol–water partition coefficient (Wildman–Crippen LogP) is 2.46. The molecule has 0 aromatic heterocycles. The smallest absolute Gasteiger partial charge is 0.240 e. The highest BCUT2D eigenvalue weighted by Crippen LogP contribution is 2.17. The Morgan fingerprint density at radius 3 is 2.30 bits per heavy atom. The topological polar surface area (TPSA) is 66.4 Å². The summed E-state index contributed by atoms with van der Waals surface area (Å²) in [7, 11) is -3.49. The maximum absolute atomic E-state index is 12.2. The van der Waals surface area contributed by atoms with Crippen LogP contribution in [0.3, 0.4) is 0 Å². The van der Waals surface area contributed by atoms with Gasteiger partial charge in [0.15, 0.2) is 0 Å². The molecule has 0 aliphatic carbocycles. The molecule has 1 rings (SSSR count). The molecule has 0 bridgehead atoms. The third-order valence-electron chi connectivity index (χ3n) is 3.76. The maximum atomic E-state index is 12.2. The van der Waals surface area contributed by atoms with Gasteiger partial charge in [0.25, 0.3) is 0 Å². The summed E-state index contributed by atoms with van der Waals surface area (Å²) >= 11 is 0. The number of aliphatic hydroxyl groups is 1. The number of sulfonamides is 1. The molecule has 20 heavy (non-hydrogen) atoms. The average molecular weight is 299 g/mol. The van der Waals surface area contributed by atoms with Crippen LogP contribution in [0.4, 0.5) is 0 Å². The molecule has 0 radical (unpaired) electrons. The molecular weight excluding hydrogens is 274 g/mol. The lowest BCUT2D eigenvalue weighted by atomic mass is 10.0. The number of hydrogen-bond acceptors (Lipinski definition) is 3. The Hall–Kier alpha value is -0.910.